The summed E-state index contributed by atoms with van der Waals surface area (Å²) >= 11 is 0. The van der Waals surface area contributed by atoms with Crippen LogP contribution < -0.4 is 15.5 Å². The Kier molecular flexibility index (Phi) is 4.83. The minimum atomic E-state index is -0.513. The van der Waals surface area contributed by atoms with Gasteiger partial charge in [-0.15, -0.1) is 0 Å². The number of rotatable bonds is 5. The van der Waals surface area contributed by atoms with E-state index in [1.54, 1.807) is 7.05 Å². The van der Waals surface area contributed by atoms with Gasteiger partial charge in [-0.1, -0.05) is 0 Å². The zero-order valence-electron chi connectivity index (χ0n) is 14.0. The van der Waals surface area contributed by atoms with Crippen LogP contribution in [0.1, 0.15) is 23.2 Å². The van der Waals surface area contributed by atoms with E-state index >= 15 is 0 Å². The zero-order chi connectivity index (χ0) is 17.8. The fourth-order valence-electron chi connectivity index (χ4n) is 2.98. The monoisotopic (exact) mass is 340 g/mol. The Bertz CT molecular complexity index is 783. The topological polar surface area (TPSA) is 87.5 Å². The minimum absolute atomic E-state index is 0.117. The molecule has 25 heavy (non-hydrogen) atoms. The third kappa shape index (κ3) is 3.71. The van der Waals surface area contributed by atoms with Gasteiger partial charge in [0.15, 0.2) is 0 Å². The predicted molar refractivity (Wildman–Crippen MR) is 98.5 cm³/mol. The van der Waals surface area contributed by atoms with Crippen LogP contribution in [-0.4, -0.2) is 31.0 Å². The summed E-state index contributed by atoms with van der Waals surface area (Å²) in [6, 6.07) is 11.8. The number of benzene rings is 2. The van der Waals surface area contributed by atoms with E-state index in [0.717, 1.165) is 18.8 Å². The second-order valence-corrected chi connectivity index (χ2v) is 5.93. The van der Waals surface area contributed by atoms with Gasteiger partial charge < -0.3 is 15.5 Å². The summed E-state index contributed by atoms with van der Waals surface area (Å²) < 4.78 is 0. The van der Waals surface area contributed by atoms with E-state index in [2.05, 4.69) is 15.5 Å². The lowest BCUT2D eigenvalue weighted by atomic mass is 10.1. The van der Waals surface area contributed by atoms with Crippen molar-refractivity contribution < 1.29 is 9.72 Å². The van der Waals surface area contributed by atoms with Crippen molar-refractivity contribution in [3.8, 4) is 0 Å². The maximum atomic E-state index is 12.5. The van der Waals surface area contributed by atoms with Crippen molar-refractivity contribution in [3.05, 3.63) is 58.1 Å². The van der Waals surface area contributed by atoms with Crippen LogP contribution in [0.2, 0.25) is 0 Å². The van der Waals surface area contributed by atoms with Gasteiger partial charge in [-0.2, -0.15) is 0 Å². The zero-order valence-corrected chi connectivity index (χ0v) is 14.0. The molecule has 130 valence electrons. The highest BCUT2D eigenvalue weighted by atomic mass is 16.6. The van der Waals surface area contributed by atoms with E-state index < -0.39 is 4.92 Å². The van der Waals surface area contributed by atoms with E-state index in [0.29, 0.717) is 11.4 Å². The number of nitro groups is 1. The Morgan fingerprint density at radius 3 is 2.40 bits per heavy atom. The number of hydrogen-bond donors (Lipinski definition) is 2. The van der Waals surface area contributed by atoms with Gasteiger partial charge >= 0.3 is 0 Å². The third-order valence-electron chi connectivity index (χ3n) is 4.32. The molecule has 1 fully saturated rings. The maximum absolute atomic E-state index is 12.5. The van der Waals surface area contributed by atoms with Crippen LogP contribution in [0.4, 0.5) is 22.7 Å². The fourth-order valence-corrected chi connectivity index (χ4v) is 2.98. The molecule has 1 saturated heterocycles. The van der Waals surface area contributed by atoms with Crippen LogP contribution >= 0.6 is 0 Å². The Morgan fingerprint density at radius 1 is 1.12 bits per heavy atom. The van der Waals surface area contributed by atoms with Crippen molar-refractivity contribution >= 4 is 28.7 Å². The number of carbonyl (C=O) groups excluding carboxylic acids is 1. The number of carbonyl (C=O) groups is 1. The van der Waals surface area contributed by atoms with E-state index in [1.165, 1.54) is 31.0 Å². The average Bonchev–Trinajstić information content (AvgIpc) is 3.16. The van der Waals surface area contributed by atoms with Gasteiger partial charge in [-0.05, 0) is 43.2 Å². The lowest BCUT2D eigenvalue weighted by Crippen LogP contribution is -2.18. The SMILES string of the molecule is CNc1ccc([N+](=O)[O-])cc1C(=O)Nc1ccc(N2CCCC2)cc1. The van der Waals surface area contributed by atoms with Gasteiger partial charge in [0.05, 0.1) is 10.5 Å². The molecule has 7 heteroatoms. The molecule has 3 rings (SSSR count). The van der Waals surface area contributed by atoms with E-state index in [-0.39, 0.29) is 17.2 Å². The van der Waals surface area contributed by atoms with Gasteiger partial charge in [0, 0.05) is 49.3 Å². The van der Waals surface area contributed by atoms with Gasteiger partial charge in [-0.25, -0.2) is 0 Å². The highest BCUT2D eigenvalue weighted by Gasteiger charge is 2.17. The lowest BCUT2D eigenvalue weighted by molar-refractivity contribution is -0.384. The smallest absolute Gasteiger partial charge is 0.270 e. The molecule has 1 aliphatic rings. The van der Waals surface area contributed by atoms with Crippen molar-refractivity contribution in [2.24, 2.45) is 0 Å². The molecular formula is C18H20N4O3. The largest absolute Gasteiger partial charge is 0.387 e. The van der Waals surface area contributed by atoms with Crippen LogP contribution in [0.25, 0.3) is 0 Å². The molecule has 1 amide bonds. The van der Waals surface area contributed by atoms with E-state index in [9.17, 15) is 14.9 Å². The molecular weight excluding hydrogens is 320 g/mol. The van der Waals surface area contributed by atoms with Crippen molar-refractivity contribution in [2.45, 2.75) is 12.8 Å². The number of anilines is 3. The van der Waals surface area contributed by atoms with E-state index in [4.69, 9.17) is 0 Å². The molecule has 1 aliphatic heterocycles. The van der Waals surface area contributed by atoms with Crippen molar-refractivity contribution in [1.82, 2.24) is 0 Å². The van der Waals surface area contributed by atoms with Gasteiger partial charge in [0.1, 0.15) is 0 Å². The van der Waals surface area contributed by atoms with E-state index in [1.807, 2.05) is 24.3 Å². The average molecular weight is 340 g/mol. The first kappa shape index (κ1) is 16.8. The van der Waals surface area contributed by atoms with Crippen LogP contribution in [0.3, 0.4) is 0 Å². The summed E-state index contributed by atoms with van der Waals surface area (Å²) in [5, 5.41) is 16.6. The van der Waals surface area contributed by atoms with Crippen molar-refractivity contribution in [2.75, 3.05) is 35.7 Å². The highest BCUT2D eigenvalue weighted by molar-refractivity contribution is 6.08. The van der Waals surface area contributed by atoms with Crippen LogP contribution in [0.5, 0.6) is 0 Å². The standard InChI is InChI=1S/C18H20N4O3/c1-19-17-9-8-15(22(24)25)12-16(17)18(23)20-13-4-6-14(7-5-13)21-10-2-3-11-21/h4-9,12,19H,2-3,10-11H2,1H3,(H,20,23). The Balaban J connectivity index is 1.77. The molecule has 2 N–H and O–H groups in total. The summed E-state index contributed by atoms with van der Waals surface area (Å²) in [6.07, 6.45) is 2.41. The predicted octanol–water partition coefficient (Wildman–Crippen LogP) is 3.49. The number of nitrogens with one attached hydrogen (secondary N) is 2. The molecule has 0 atom stereocenters. The molecule has 0 unspecified atom stereocenters. The molecule has 1 heterocycles. The maximum Gasteiger partial charge on any atom is 0.270 e. The Labute approximate surface area is 145 Å². The number of amides is 1. The second kappa shape index (κ2) is 7.21. The summed E-state index contributed by atoms with van der Waals surface area (Å²) in [4.78, 5) is 25.3. The first-order valence-corrected chi connectivity index (χ1v) is 8.21. The third-order valence-corrected chi connectivity index (χ3v) is 4.32. The molecule has 2 aromatic rings. The molecule has 0 aromatic heterocycles. The first-order chi connectivity index (χ1) is 12.1. The first-order valence-electron chi connectivity index (χ1n) is 8.21. The number of nitro benzene ring substituents is 1. The molecule has 0 spiro atoms. The van der Waals surface area contributed by atoms with Gasteiger partial charge in [-0.3, -0.25) is 14.9 Å². The fraction of sp³-hybridized carbons (Fsp3) is 0.278. The molecule has 0 bridgehead atoms. The number of non-ortho nitro benzene ring substituents is 1. The summed E-state index contributed by atoms with van der Waals surface area (Å²) in [5.41, 5.74) is 2.45. The van der Waals surface area contributed by atoms with Crippen molar-refractivity contribution in [3.63, 3.8) is 0 Å². The highest BCUT2D eigenvalue weighted by Crippen LogP contribution is 2.25. The van der Waals surface area contributed by atoms with Crippen LogP contribution in [0.15, 0.2) is 42.5 Å². The summed E-state index contributed by atoms with van der Waals surface area (Å²) in [6.45, 7) is 2.12. The number of hydrogen-bond acceptors (Lipinski definition) is 5. The quantitative estimate of drug-likeness (QED) is 0.642. The lowest BCUT2D eigenvalue weighted by Gasteiger charge is -2.18. The van der Waals surface area contributed by atoms with Gasteiger partial charge in [0.2, 0.25) is 0 Å². The van der Waals surface area contributed by atoms with Crippen LogP contribution in [0, 0.1) is 10.1 Å². The summed E-state index contributed by atoms with van der Waals surface area (Å²) in [5.74, 6) is -0.387. The molecule has 2 aromatic carbocycles. The second-order valence-electron chi connectivity index (χ2n) is 5.93. The van der Waals surface area contributed by atoms with Crippen LogP contribution in [-0.2, 0) is 0 Å². The molecule has 0 saturated carbocycles. The van der Waals surface area contributed by atoms with Crippen molar-refractivity contribution in [1.29, 1.82) is 0 Å². The Hall–Kier alpha value is -3.09. The molecule has 7 nitrogen and oxygen atoms in total. The van der Waals surface area contributed by atoms with Gasteiger partial charge in [0.25, 0.3) is 11.6 Å². The normalized spacial score (nSPS) is 13.6. The number of nitrogens with zero attached hydrogens (tertiary/aromatic N) is 2. The molecule has 0 aliphatic carbocycles. The summed E-state index contributed by atoms with van der Waals surface area (Å²) in [7, 11) is 1.67. The minimum Gasteiger partial charge on any atom is -0.387 e. The Morgan fingerprint density at radius 2 is 1.80 bits per heavy atom. The molecule has 0 radical (unpaired) electrons.